The summed E-state index contributed by atoms with van der Waals surface area (Å²) in [5.41, 5.74) is 1.02. The number of nitrogens with zero attached hydrogens (tertiary/aromatic N) is 4. The lowest BCUT2D eigenvalue weighted by Crippen LogP contribution is -2.24. The van der Waals surface area contributed by atoms with Gasteiger partial charge in [0.15, 0.2) is 11.0 Å². The molecule has 2 aromatic carbocycles. The van der Waals surface area contributed by atoms with E-state index in [1.54, 1.807) is 49.6 Å². The van der Waals surface area contributed by atoms with Crippen LogP contribution in [0.2, 0.25) is 0 Å². The number of esters is 2. The van der Waals surface area contributed by atoms with E-state index in [4.69, 9.17) is 14.2 Å². The number of benzene rings is 2. The maximum absolute atomic E-state index is 13.2. The Kier molecular flexibility index (Phi) is 11.6. The van der Waals surface area contributed by atoms with E-state index in [2.05, 4.69) is 20.8 Å². The fourth-order valence-electron chi connectivity index (χ4n) is 4.30. The number of para-hydroxylation sites is 2. The molecule has 17 heteroatoms. The van der Waals surface area contributed by atoms with Gasteiger partial charge in [-0.1, -0.05) is 23.9 Å². The van der Waals surface area contributed by atoms with E-state index >= 15 is 0 Å². The number of nitro groups is 1. The average molecular weight is 683 g/mol. The zero-order valence-corrected chi connectivity index (χ0v) is 27.4. The lowest BCUT2D eigenvalue weighted by Gasteiger charge is -2.14. The quantitative estimate of drug-likeness (QED) is 0.0816. The average Bonchev–Trinajstić information content (AvgIpc) is 3.62. The van der Waals surface area contributed by atoms with E-state index in [0.717, 1.165) is 23.1 Å². The third kappa shape index (κ3) is 8.11. The van der Waals surface area contributed by atoms with Gasteiger partial charge in [-0.05, 0) is 50.6 Å². The molecule has 15 nitrogen and oxygen atoms in total. The number of methoxy groups -OCH3 is 1. The van der Waals surface area contributed by atoms with Gasteiger partial charge in [0.2, 0.25) is 5.91 Å². The molecule has 0 atom stereocenters. The first-order valence-corrected chi connectivity index (χ1v) is 15.9. The Morgan fingerprint density at radius 2 is 1.68 bits per heavy atom. The van der Waals surface area contributed by atoms with Crippen LogP contribution in [0.5, 0.6) is 5.75 Å². The van der Waals surface area contributed by atoms with E-state index in [-0.39, 0.29) is 52.2 Å². The van der Waals surface area contributed by atoms with Crippen LogP contribution in [0.4, 0.5) is 10.7 Å². The lowest BCUT2D eigenvalue weighted by atomic mass is 10.1. The number of hydrogen-bond donors (Lipinski definition) is 2. The first kappa shape index (κ1) is 34.6. The van der Waals surface area contributed by atoms with Crippen LogP contribution >= 0.6 is 23.1 Å². The van der Waals surface area contributed by atoms with Crippen molar-refractivity contribution < 1.29 is 38.3 Å². The van der Waals surface area contributed by atoms with Crippen LogP contribution < -0.4 is 15.4 Å². The monoisotopic (exact) mass is 682 g/mol. The molecule has 246 valence electrons. The summed E-state index contributed by atoms with van der Waals surface area (Å²) in [6.07, 6.45) is 0. The number of hydrogen-bond acceptors (Lipinski definition) is 13. The molecular weight excluding hydrogens is 652 g/mol. The molecule has 2 aromatic heterocycles. The normalized spacial score (nSPS) is 10.6. The minimum Gasteiger partial charge on any atom is -0.495 e. The van der Waals surface area contributed by atoms with Crippen LogP contribution in [-0.4, -0.2) is 69.5 Å². The summed E-state index contributed by atoms with van der Waals surface area (Å²) < 4.78 is 17.4. The van der Waals surface area contributed by atoms with Crippen molar-refractivity contribution in [3.8, 4) is 11.4 Å². The number of ether oxygens (including phenoxy) is 3. The Balaban J connectivity index is 1.56. The fourth-order valence-corrected chi connectivity index (χ4v) is 6.16. The van der Waals surface area contributed by atoms with Crippen LogP contribution in [0.3, 0.4) is 0 Å². The molecule has 2 N–H and O–H groups in total. The van der Waals surface area contributed by atoms with Gasteiger partial charge in [0.05, 0.1) is 48.8 Å². The number of anilines is 1. The zero-order valence-electron chi connectivity index (χ0n) is 25.7. The molecule has 0 spiro atoms. The molecule has 0 saturated heterocycles. The van der Waals surface area contributed by atoms with Gasteiger partial charge in [0.25, 0.3) is 11.6 Å². The van der Waals surface area contributed by atoms with Crippen LogP contribution in [0, 0.1) is 17.0 Å². The van der Waals surface area contributed by atoms with Gasteiger partial charge in [-0.25, -0.2) is 9.59 Å². The number of rotatable bonds is 14. The van der Waals surface area contributed by atoms with Crippen molar-refractivity contribution in [2.45, 2.75) is 32.5 Å². The van der Waals surface area contributed by atoms with E-state index in [1.807, 2.05) is 0 Å². The van der Waals surface area contributed by atoms with Gasteiger partial charge in [-0.3, -0.25) is 24.3 Å². The van der Waals surface area contributed by atoms with Crippen LogP contribution in [0.25, 0.3) is 5.69 Å². The Hall–Kier alpha value is -5.29. The number of amides is 2. The summed E-state index contributed by atoms with van der Waals surface area (Å²) >= 11 is 1.95. The molecule has 47 heavy (non-hydrogen) atoms. The maximum Gasteiger partial charge on any atom is 0.348 e. The third-order valence-electron chi connectivity index (χ3n) is 6.45. The van der Waals surface area contributed by atoms with E-state index < -0.39 is 28.7 Å². The van der Waals surface area contributed by atoms with Gasteiger partial charge >= 0.3 is 11.9 Å². The summed E-state index contributed by atoms with van der Waals surface area (Å²) in [4.78, 5) is 61.8. The molecule has 0 aliphatic heterocycles. The minimum absolute atomic E-state index is 0.0708. The SMILES string of the molecule is CCOC(=O)c1sc(NC(=O)CSc2nnc(CNC(=O)c3ccc([N+](=O)[O-])cc3)n2-c2ccccc2OC)c(C(=O)OCC)c1C. The van der Waals surface area contributed by atoms with Crippen molar-refractivity contribution in [1.82, 2.24) is 20.1 Å². The van der Waals surface area contributed by atoms with Crippen molar-refractivity contribution >= 4 is 57.5 Å². The highest BCUT2D eigenvalue weighted by Crippen LogP contribution is 2.35. The summed E-state index contributed by atoms with van der Waals surface area (Å²) in [6, 6.07) is 12.2. The van der Waals surface area contributed by atoms with Gasteiger partial charge in [0, 0.05) is 17.7 Å². The summed E-state index contributed by atoms with van der Waals surface area (Å²) in [5.74, 6) is -1.68. The molecule has 2 amide bonds. The number of carbonyl (C=O) groups is 4. The number of non-ortho nitro benzene ring substituents is 1. The largest absolute Gasteiger partial charge is 0.495 e. The summed E-state index contributed by atoms with van der Waals surface area (Å²) in [5, 5.41) is 25.3. The summed E-state index contributed by atoms with van der Waals surface area (Å²) in [6.45, 7) is 5.04. The molecule has 0 bridgehead atoms. The number of carbonyl (C=O) groups excluding carboxylic acids is 4. The first-order chi connectivity index (χ1) is 22.6. The first-order valence-electron chi connectivity index (χ1n) is 14.1. The number of thioether (sulfide) groups is 1. The van der Waals surface area contributed by atoms with E-state index in [0.29, 0.717) is 28.0 Å². The fraction of sp³-hybridized carbons (Fsp3) is 0.267. The number of aromatic nitrogens is 3. The second-order valence-electron chi connectivity index (χ2n) is 9.43. The Morgan fingerprint density at radius 3 is 2.34 bits per heavy atom. The molecule has 0 aliphatic carbocycles. The molecule has 4 rings (SSSR count). The Bertz CT molecular complexity index is 1800. The zero-order chi connectivity index (χ0) is 34.1. The third-order valence-corrected chi connectivity index (χ3v) is 8.56. The highest BCUT2D eigenvalue weighted by Gasteiger charge is 2.28. The minimum atomic E-state index is -0.684. The number of nitro benzene ring substituents is 1. The molecule has 2 heterocycles. The lowest BCUT2D eigenvalue weighted by molar-refractivity contribution is -0.384. The van der Waals surface area contributed by atoms with Crippen LogP contribution in [-0.2, 0) is 20.8 Å². The topological polar surface area (TPSA) is 194 Å². The van der Waals surface area contributed by atoms with Crippen LogP contribution in [0.1, 0.15) is 55.6 Å². The molecule has 4 aromatic rings. The maximum atomic E-state index is 13.2. The van der Waals surface area contributed by atoms with Crippen molar-refractivity contribution in [2.75, 3.05) is 31.4 Å². The molecule has 0 aliphatic rings. The predicted molar refractivity (Wildman–Crippen MR) is 173 cm³/mol. The van der Waals surface area contributed by atoms with Gasteiger partial charge in [0.1, 0.15) is 15.6 Å². The van der Waals surface area contributed by atoms with E-state index in [1.165, 1.54) is 31.4 Å². The second-order valence-corrected chi connectivity index (χ2v) is 11.4. The molecule has 0 unspecified atom stereocenters. The van der Waals surface area contributed by atoms with Crippen molar-refractivity contribution in [2.24, 2.45) is 0 Å². The van der Waals surface area contributed by atoms with Crippen molar-refractivity contribution in [3.63, 3.8) is 0 Å². The molecule has 0 saturated carbocycles. The number of nitrogens with one attached hydrogen (secondary N) is 2. The second kappa shape index (κ2) is 15.8. The van der Waals surface area contributed by atoms with E-state index in [9.17, 15) is 29.3 Å². The smallest absolute Gasteiger partial charge is 0.348 e. The van der Waals surface area contributed by atoms with Gasteiger partial charge in [-0.2, -0.15) is 0 Å². The van der Waals surface area contributed by atoms with Crippen molar-refractivity contribution in [1.29, 1.82) is 0 Å². The Morgan fingerprint density at radius 1 is 1.00 bits per heavy atom. The molecule has 0 fully saturated rings. The number of thiophene rings is 1. The molecule has 0 radical (unpaired) electrons. The highest BCUT2D eigenvalue weighted by atomic mass is 32.2. The van der Waals surface area contributed by atoms with Gasteiger partial charge < -0.3 is 24.8 Å². The van der Waals surface area contributed by atoms with Crippen molar-refractivity contribution in [3.05, 3.63) is 86.0 Å². The van der Waals surface area contributed by atoms with Crippen LogP contribution in [0.15, 0.2) is 53.7 Å². The standard InChI is InChI=1S/C30H30N6O9S2/c1-5-44-28(39)24-17(3)25(29(40)45-6-2)47-27(24)32-23(37)16-46-30-34-33-22(35(30)20-9-7-8-10-21(20)43-4)15-31-26(38)18-11-13-19(14-12-18)36(41)42/h7-14H,5-6,15-16H2,1-4H3,(H,31,38)(H,32,37). The summed E-state index contributed by atoms with van der Waals surface area (Å²) in [7, 11) is 1.49. The predicted octanol–water partition coefficient (Wildman–Crippen LogP) is 4.57. The Labute approximate surface area is 276 Å². The molecular formula is C30H30N6O9S2. The highest BCUT2D eigenvalue weighted by molar-refractivity contribution is 7.99. The van der Waals surface area contributed by atoms with Gasteiger partial charge in [-0.15, -0.1) is 21.5 Å².